The summed E-state index contributed by atoms with van der Waals surface area (Å²) >= 11 is 1.88. The first-order valence-corrected chi connectivity index (χ1v) is 26.7. The lowest BCUT2D eigenvalue weighted by molar-refractivity contribution is -0.149. The number of ether oxygens (including phenoxy) is 7. The normalized spacial score (nSPS) is 16.5. The van der Waals surface area contributed by atoms with Crippen LogP contribution in [0.3, 0.4) is 0 Å². The third-order valence-electron chi connectivity index (χ3n) is 11.2. The molecule has 4 atom stereocenters. The summed E-state index contributed by atoms with van der Waals surface area (Å²) in [5.74, 6) is -0.755. The third kappa shape index (κ3) is 33.5. The first-order chi connectivity index (χ1) is 33.6. The van der Waals surface area contributed by atoms with Crippen molar-refractivity contribution in [2.45, 2.75) is 159 Å². The highest BCUT2D eigenvalue weighted by molar-refractivity contribution is 8.00. The molecule has 0 unspecified atom stereocenters. The molecule has 6 N–H and O–H groups in total. The van der Waals surface area contributed by atoms with Gasteiger partial charge in [-0.25, -0.2) is 9.59 Å². The predicted molar refractivity (Wildman–Crippen MR) is 262 cm³/mol. The highest BCUT2D eigenvalue weighted by Gasteiger charge is 2.42. The fourth-order valence-corrected chi connectivity index (χ4v) is 8.88. The standard InChI is InChI=1S/C48H86N6O14S/c1-3-5-7-15-25-67-45(59)21-20-38(47(60)68-26-16-8-6-4-2)52-42(56)19-11-9-10-14-22-49-43(57)35-65-33-31-64-32-34-66-36-44(58)51-24-28-63-30-29-62-27-23-50-41(55)18-13-12-17-40-46-39(37-69-40)53-48(61)54-46/h38-40,46H,3-37H2,1-2H3,(H,49,57)(H,50,55)(H,51,58)(H,52,56)(H2,53,54,61)/t38-,39+,40+,46+/m1/s1. The Morgan fingerprint density at radius 2 is 1.09 bits per heavy atom. The van der Waals surface area contributed by atoms with E-state index >= 15 is 0 Å². The molecule has 0 aromatic carbocycles. The van der Waals surface area contributed by atoms with E-state index in [-0.39, 0.29) is 113 Å². The van der Waals surface area contributed by atoms with E-state index in [0.717, 1.165) is 95.6 Å². The number of unbranched alkanes of at least 4 members (excludes halogenated alkanes) is 10. The molecule has 6 amide bonds. The zero-order valence-electron chi connectivity index (χ0n) is 41.7. The van der Waals surface area contributed by atoms with Crippen LogP contribution in [0.25, 0.3) is 0 Å². The topological polar surface area (TPSA) is 256 Å². The number of thioether (sulfide) groups is 1. The number of hydrogen-bond acceptors (Lipinski definition) is 15. The molecule has 2 rings (SSSR count). The summed E-state index contributed by atoms with van der Waals surface area (Å²) in [7, 11) is 0. The van der Waals surface area contributed by atoms with Gasteiger partial charge in [-0.15, -0.1) is 0 Å². The number of carbonyl (C=O) groups is 7. The van der Waals surface area contributed by atoms with Crippen LogP contribution in [0.4, 0.5) is 4.79 Å². The zero-order chi connectivity index (χ0) is 50.0. The predicted octanol–water partition coefficient (Wildman–Crippen LogP) is 3.61. The maximum absolute atomic E-state index is 12.8. The molecule has 21 heteroatoms. The number of carbonyl (C=O) groups excluding carboxylic acids is 7. The molecule has 0 bridgehead atoms. The summed E-state index contributed by atoms with van der Waals surface area (Å²) in [5.41, 5.74) is 0. The van der Waals surface area contributed by atoms with Crippen molar-refractivity contribution in [1.29, 1.82) is 0 Å². The summed E-state index contributed by atoms with van der Waals surface area (Å²) in [6, 6.07) is -0.568. The summed E-state index contributed by atoms with van der Waals surface area (Å²) in [6.07, 6.45) is 14.3. The minimum Gasteiger partial charge on any atom is -0.466 e. The molecule has 2 aliphatic heterocycles. The number of nitrogens with one attached hydrogen (secondary N) is 6. The van der Waals surface area contributed by atoms with Crippen LogP contribution in [0.1, 0.15) is 136 Å². The van der Waals surface area contributed by atoms with Crippen LogP contribution in [-0.4, -0.2) is 170 Å². The van der Waals surface area contributed by atoms with E-state index in [9.17, 15) is 33.6 Å². The fraction of sp³-hybridized carbons (Fsp3) is 0.854. The van der Waals surface area contributed by atoms with Crippen molar-refractivity contribution in [2.75, 3.05) is 105 Å². The number of hydrogen-bond donors (Lipinski definition) is 6. The molecule has 69 heavy (non-hydrogen) atoms. The molecule has 2 aliphatic rings. The van der Waals surface area contributed by atoms with E-state index in [1.807, 2.05) is 11.8 Å². The first kappa shape index (κ1) is 61.4. The van der Waals surface area contributed by atoms with Crippen molar-refractivity contribution in [2.24, 2.45) is 0 Å². The quantitative estimate of drug-likeness (QED) is 0.0290. The lowest BCUT2D eigenvalue weighted by Crippen LogP contribution is -2.42. The average Bonchev–Trinajstić information content (AvgIpc) is 3.89. The van der Waals surface area contributed by atoms with Gasteiger partial charge in [0.25, 0.3) is 0 Å². The number of urea groups is 1. The Hall–Kier alpha value is -3.76. The molecule has 20 nitrogen and oxygen atoms in total. The van der Waals surface area contributed by atoms with E-state index in [0.29, 0.717) is 70.8 Å². The Kier molecular flexibility index (Phi) is 37.3. The molecule has 2 fully saturated rings. The SMILES string of the molecule is CCCCCCOC(=O)CC[C@@H](NC(=O)CCCCCCNC(=O)COCCOCCOCC(=O)NCCOCCOCCNC(=O)CCCC[C@@H]1SC[C@@H]2NC(=O)N[C@@H]21)C(=O)OCCCCCC. The van der Waals surface area contributed by atoms with Crippen LogP contribution < -0.4 is 31.9 Å². The first-order valence-electron chi connectivity index (χ1n) is 25.6. The Bertz CT molecular complexity index is 1430. The molecule has 0 radical (unpaired) electrons. The second-order valence-corrected chi connectivity index (χ2v) is 18.5. The van der Waals surface area contributed by atoms with Crippen LogP contribution in [0.5, 0.6) is 0 Å². The summed E-state index contributed by atoms with van der Waals surface area (Å²) < 4.78 is 37.8. The molecule has 0 aromatic rings. The Morgan fingerprint density at radius 3 is 1.74 bits per heavy atom. The van der Waals surface area contributed by atoms with Crippen molar-refractivity contribution < 1.29 is 66.7 Å². The zero-order valence-corrected chi connectivity index (χ0v) is 42.5. The fourth-order valence-electron chi connectivity index (χ4n) is 7.34. The molecule has 0 aliphatic carbocycles. The van der Waals surface area contributed by atoms with E-state index in [1.165, 1.54) is 0 Å². The van der Waals surface area contributed by atoms with E-state index in [4.69, 9.17) is 33.2 Å². The smallest absolute Gasteiger partial charge is 0.328 e. The maximum atomic E-state index is 12.8. The molecule has 2 heterocycles. The lowest BCUT2D eigenvalue weighted by atomic mass is 10.0. The highest BCUT2D eigenvalue weighted by Crippen LogP contribution is 2.33. The van der Waals surface area contributed by atoms with Crippen molar-refractivity contribution in [3.63, 3.8) is 0 Å². The molecule has 0 aromatic heterocycles. The monoisotopic (exact) mass is 1000 g/mol. The van der Waals surface area contributed by atoms with Gasteiger partial charge >= 0.3 is 18.0 Å². The van der Waals surface area contributed by atoms with Crippen LogP contribution in [-0.2, 0) is 61.9 Å². The molecule has 2 saturated heterocycles. The number of rotatable bonds is 46. The highest BCUT2D eigenvalue weighted by atomic mass is 32.2. The van der Waals surface area contributed by atoms with Gasteiger partial charge in [0.15, 0.2) is 0 Å². The van der Waals surface area contributed by atoms with Gasteiger partial charge < -0.3 is 65.1 Å². The van der Waals surface area contributed by atoms with E-state index in [2.05, 4.69) is 45.7 Å². The number of esters is 2. The molecule has 0 spiro atoms. The minimum absolute atomic E-state index is 0.00284. The minimum atomic E-state index is -0.904. The molecular formula is C48H86N6O14S. The van der Waals surface area contributed by atoms with Gasteiger partial charge in [0, 0.05) is 49.9 Å². The second kappa shape index (κ2) is 42.0. The molecule has 0 saturated carbocycles. The van der Waals surface area contributed by atoms with Crippen molar-refractivity contribution >= 4 is 53.4 Å². The van der Waals surface area contributed by atoms with Crippen LogP contribution >= 0.6 is 11.8 Å². The Labute approximate surface area is 414 Å². The lowest BCUT2D eigenvalue weighted by Gasteiger charge is -2.17. The average molecular weight is 1000 g/mol. The van der Waals surface area contributed by atoms with Gasteiger partial charge in [0.2, 0.25) is 23.6 Å². The van der Waals surface area contributed by atoms with Gasteiger partial charge in [0.05, 0.1) is 78.2 Å². The van der Waals surface area contributed by atoms with Gasteiger partial charge in [-0.2, -0.15) is 11.8 Å². The summed E-state index contributed by atoms with van der Waals surface area (Å²) in [5, 5.41) is 17.5. The van der Waals surface area contributed by atoms with Crippen LogP contribution in [0.15, 0.2) is 0 Å². The summed E-state index contributed by atoms with van der Waals surface area (Å²) in [6.45, 7) is 8.30. The molecular weight excluding hydrogens is 917 g/mol. The Balaban J connectivity index is 1.33. The van der Waals surface area contributed by atoms with Gasteiger partial charge in [-0.05, 0) is 44.9 Å². The maximum Gasteiger partial charge on any atom is 0.328 e. The second-order valence-electron chi connectivity index (χ2n) is 17.2. The van der Waals surface area contributed by atoms with Crippen molar-refractivity contribution in [3.05, 3.63) is 0 Å². The van der Waals surface area contributed by atoms with Crippen LogP contribution in [0, 0.1) is 0 Å². The van der Waals surface area contributed by atoms with Crippen molar-refractivity contribution in [1.82, 2.24) is 31.9 Å². The van der Waals surface area contributed by atoms with E-state index < -0.39 is 12.0 Å². The van der Waals surface area contributed by atoms with Crippen molar-refractivity contribution in [3.8, 4) is 0 Å². The van der Waals surface area contributed by atoms with Gasteiger partial charge in [-0.1, -0.05) is 71.6 Å². The number of amides is 6. The molecule has 398 valence electrons. The van der Waals surface area contributed by atoms with Gasteiger partial charge in [-0.3, -0.25) is 24.0 Å². The van der Waals surface area contributed by atoms with E-state index in [1.54, 1.807) is 0 Å². The summed E-state index contributed by atoms with van der Waals surface area (Å²) in [4.78, 5) is 85.4. The number of fused-ring (bicyclic) bond motifs is 1. The Morgan fingerprint density at radius 1 is 0.551 bits per heavy atom. The van der Waals surface area contributed by atoms with Gasteiger partial charge in [0.1, 0.15) is 19.3 Å². The van der Waals surface area contributed by atoms with Crippen LogP contribution in [0.2, 0.25) is 0 Å². The largest absolute Gasteiger partial charge is 0.466 e. The third-order valence-corrected chi connectivity index (χ3v) is 12.7.